The molecule has 124 valence electrons. The van der Waals surface area contributed by atoms with Crippen LogP contribution in [-0.2, 0) is 47.5 Å². The number of hydrogen-bond acceptors (Lipinski definition) is 6. The van der Waals surface area contributed by atoms with Gasteiger partial charge in [0.15, 0.2) is 0 Å². The van der Waals surface area contributed by atoms with Gasteiger partial charge in [0.1, 0.15) is 0 Å². The predicted octanol–water partition coefficient (Wildman–Crippen LogP) is 2.22. The molecule has 0 radical (unpaired) electrons. The summed E-state index contributed by atoms with van der Waals surface area (Å²) in [6.45, 7) is 4.07. The molecule has 0 aliphatic carbocycles. The molecule has 0 aliphatic heterocycles. The molecule has 0 rings (SSSR count). The van der Waals surface area contributed by atoms with Gasteiger partial charge in [-0.3, -0.25) is 0 Å². The Bertz CT molecular complexity index is 365. The van der Waals surface area contributed by atoms with E-state index in [2.05, 4.69) is 0 Å². The van der Waals surface area contributed by atoms with E-state index >= 15 is 0 Å². The molecule has 0 N–H and O–H groups in total. The first kappa shape index (κ1) is 26.6. The molecule has 0 bridgehead atoms. The second kappa shape index (κ2) is 15.6. The van der Waals surface area contributed by atoms with E-state index in [0.717, 1.165) is 38.5 Å². The Hall–Kier alpha value is 0.742. The van der Waals surface area contributed by atoms with Gasteiger partial charge >= 0.3 is 27.3 Å². The maximum absolute atomic E-state index is 10.0. The van der Waals surface area contributed by atoms with Crippen LogP contribution in [0, 0.1) is 0 Å². The number of hydrogen-bond donors (Lipinski definition) is 0. The summed E-state index contributed by atoms with van der Waals surface area (Å²) in [7, 11) is -7.91. The summed E-state index contributed by atoms with van der Waals surface area (Å²) in [6.07, 6.45) is 6.85. The van der Waals surface area contributed by atoms with Gasteiger partial charge in [-0.25, -0.2) is 16.8 Å². The molecule has 0 aliphatic rings. The molecule has 9 heteroatoms. The minimum atomic E-state index is -3.95. The second-order valence-corrected chi connectivity index (χ2v) is 7.69. The van der Waals surface area contributed by atoms with Crippen LogP contribution in [0.15, 0.2) is 0 Å². The van der Waals surface area contributed by atoms with E-state index in [1.54, 1.807) is 0 Å². The fourth-order valence-electron chi connectivity index (χ4n) is 1.41. The predicted molar refractivity (Wildman–Crippen MR) is 77.4 cm³/mol. The van der Waals surface area contributed by atoms with Gasteiger partial charge < -0.3 is 9.11 Å². The summed E-state index contributed by atoms with van der Waals surface area (Å²) in [4.78, 5) is 0. The zero-order valence-corrected chi connectivity index (χ0v) is 18.7. The molecule has 0 atom stereocenters. The van der Waals surface area contributed by atoms with Gasteiger partial charge in [0.25, 0.3) is 0 Å². The zero-order valence-electron chi connectivity index (χ0n) is 13.0. The third-order valence-electron chi connectivity index (χ3n) is 2.50. The average Bonchev–Trinajstić information content (AvgIpc) is 2.29. The van der Waals surface area contributed by atoms with E-state index in [4.69, 9.17) is 0 Å². The molecule has 0 aromatic rings. The fourth-order valence-corrected chi connectivity index (χ4v) is 2.53. The molecular formula is C12H26CdO6S2. The summed E-state index contributed by atoms with van der Waals surface area (Å²) < 4.78 is 60.2. The van der Waals surface area contributed by atoms with Crippen molar-refractivity contribution in [3.05, 3.63) is 0 Å². The Morgan fingerprint density at radius 3 is 1.10 bits per heavy atom. The molecule has 0 aromatic carbocycles. The standard InChI is InChI=1S/2C6H14O3S.Cd/c2*1-2-3-4-5-6-10(7,8)9;/h2*2-6H2,1H3,(H,7,8,9);/q;;+2/p-2. The van der Waals surface area contributed by atoms with Gasteiger partial charge in [0, 0.05) is 11.5 Å². The van der Waals surface area contributed by atoms with Crippen molar-refractivity contribution in [1.29, 1.82) is 0 Å². The largest absolute Gasteiger partial charge is 2.00 e. The van der Waals surface area contributed by atoms with Crippen LogP contribution < -0.4 is 0 Å². The van der Waals surface area contributed by atoms with Crippen LogP contribution in [0.2, 0.25) is 0 Å². The van der Waals surface area contributed by atoms with Gasteiger partial charge in [0.2, 0.25) is 0 Å². The van der Waals surface area contributed by atoms with E-state index in [9.17, 15) is 25.9 Å². The smallest absolute Gasteiger partial charge is 0.748 e. The first-order valence-electron chi connectivity index (χ1n) is 6.99. The molecule has 0 amide bonds. The SMILES string of the molecule is CCCCCCS(=O)(=O)[O-].CCCCCCS(=O)(=O)[O-].[Cd+2]. The van der Waals surface area contributed by atoms with E-state index in [-0.39, 0.29) is 38.8 Å². The monoisotopic (exact) mass is 444 g/mol. The molecule has 0 aromatic heterocycles. The van der Waals surface area contributed by atoms with Gasteiger partial charge in [-0.2, -0.15) is 0 Å². The Balaban J connectivity index is -0.000000295. The zero-order chi connectivity index (χ0) is 16.1. The van der Waals surface area contributed by atoms with Crippen molar-refractivity contribution in [3.63, 3.8) is 0 Å². The molecule has 0 unspecified atom stereocenters. The van der Waals surface area contributed by atoms with E-state index < -0.39 is 20.2 Å². The normalized spacial score (nSPS) is 11.2. The topological polar surface area (TPSA) is 114 Å². The third kappa shape index (κ3) is 33.5. The fraction of sp³-hybridized carbons (Fsp3) is 1.00. The quantitative estimate of drug-likeness (QED) is 0.291. The van der Waals surface area contributed by atoms with Crippen molar-refractivity contribution in [2.75, 3.05) is 11.5 Å². The van der Waals surface area contributed by atoms with Crippen LogP contribution in [-0.4, -0.2) is 37.4 Å². The minimum absolute atomic E-state index is 0. The first-order chi connectivity index (χ1) is 9.12. The maximum Gasteiger partial charge on any atom is 2.00 e. The molecule has 21 heavy (non-hydrogen) atoms. The van der Waals surface area contributed by atoms with Crippen molar-refractivity contribution >= 4 is 20.2 Å². The molecule has 0 saturated heterocycles. The Morgan fingerprint density at radius 1 is 0.619 bits per heavy atom. The van der Waals surface area contributed by atoms with Crippen molar-refractivity contribution in [2.24, 2.45) is 0 Å². The summed E-state index contributed by atoms with van der Waals surface area (Å²) in [5.41, 5.74) is 0. The van der Waals surface area contributed by atoms with E-state index in [1.165, 1.54) is 0 Å². The summed E-state index contributed by atoms with van der Waals surface area (Å²) in [6, 6.07) is 0. The maximum atomic E-state index is 10.0. The summed E-state index contributed by atoms with van der Waals surface area (Å²) >= 11 is 0. The van der Waals surface area contributed by atoms with E-state index in [0.29, 0.717) is 12.8 Å². The Labute approximate surface area is 149 Å². The molecule has 0 fully saturated rings. The first-order valence-corrected chi connectivity index (χ1v) is 10.1. The van der Waals surface area contributed by atoms with Gasteiger partial charge in [0.05, 0.1) is 20.2 Å². The van der Waals surface area contributed by atoms with Crippen LogP contribution in [0.1, 0.15) is 65.2 Å². The Morgan fingerprint density at radius 2 is 0.905 bits per heavy atom. The third-order valence-corrected chi connectivity index (χ3v) is 4.07. The van der Waals surface area contributed by atoms with Crippen molar-refractivity contribution < 1.29 is 53.2 Å². The van der Waals surface area contributed by atoms with Crippen molar-refractivity contribution in [1.82, 2.24) is 0 Å². The molecular weight excluding hydrogens is 417 g/mol. The minimum Gasteiger partial charge on any atom is -0.748 e. The second-order valence-electron chi connectivity index (χ2n) is 4.64. The van der Waals surface area contributed by atoms with Crippen LogP contribution in [0.25, 0.3) is 0 Å². The van der Waals surface area contributed by atoms with Crippen LogP contribution in [0.5, 0.6) is 0 Å². The molecule has 0 heterocycles. The van der Waals surface area contributed by atoms with Gasteiger partial charge in [-0.1, -0.05) is 52.4 Å². The van der Waals surface area contributed by atoms with Crippen LogP contribution in [0.4, 0.5) is 0 Å². The van der Waals surface area contributed by atoms with E-state index in [1.807, 2.05) is 13.8 Å². The molecule has 0 spiro atoms. The molecule has 0 saturated carbocycles. The van der Waals surface area contributed by atoms with Crippen molar-refractivity contribution in [3.8, 4) is 0 Å². The number of rotatable bonds is 10. The summed E-state index contributed by atoms with van der Waals surface area (Å²) in [5.74, 6) is -0.403. The molecule has 6 nitrogen and oxygen atoms in total. The van der Waals surface area contributed by atoms with Gasteiger partial charge in [-0.05, 0) is 12.8 Å². The van der Waals surface area contributed by atoms with Crippen LogP contribution >= 0.6 is 0 Å². The Kier molecular flexibility index (Phi) is 19.8. The van der Waals surface area contributed by atoms with Crippen LogP contribution in [0.3, 0.4) is 0 Å². The summed E-state index contributed by atoms with van der Waals surface area (Å²) in [5, 5.41) is 0. The van der Waals surface area contributed by atoms with Gasteiger partial charge in [-0.15, -0.1) is 0 Å². The number of unbranched alkanes of at least 4 members (excludes halogenated alkanes) is 6. The average molecular weight is 443 g/mol. The van der Waals surface area contributed by atoms with Crippen molar-refractivity contribution in [2.45, 2.75) is 65.2 Å².